The van der Waals surface area contributed by atoms with Gasteiger partial charge in [-0.3, -0.25) is 13.8 Å². The molecule has 0 saturated heterocycles. The van der Waals surface area contributed by atoms with Crippen molar-refractivity contribution < 1.29 is 28.4 Å². The summed E-state index contributed by atoms with van der Waals surface area (Å²) in [5.74, 6) is -0.237. The molecule has 0 radical (unpaired) electrons. The highest BCUT2D eigenvalue weighted by Crippen LogP contribution is 2.43. The van der Waals surface area contributed by atoms with E-state index in [-0.39, 0.29) is 25.7 Å². The predicted octanol–water partition coefficient (Wildman–Crippen LogP) is 9.94. The zero-order valence-corrected chi connectivity index (χ0v) is 31.3. The average molecular weight is 695 g/mol. The van der Waals surface area contributed by atoms with E-state index in [0.29, 0.717) is 12.8 Å². The minimum absolute atomic E-state index is 0.0664. The van der Waals surface area contributed by atoms with Gasteiger partial charge >= 0.3 is 7.82 Å². The molecule has 9 heteroatoms. The monoisotopic (exact) mass is 695 g/mol. The standard InChI is InChI=1S/C39H71N2O6P/c1-3-5-7-9-11-13-15-17-18-19-21-22-24-26-28-30-32-38(42)37(36-47-48(44,45)46-35-34-40)41-39(43)33-31-29-27-25-23-20-16-14-12-10-8-6-4-2/h6,8,12,14,20,22-24,30,32,37-38,42H,3-5,7,9-11,13,15-19,21,25-29,31,33-36,40H2,1-2H3,(H,41,43)(H,44,45)/b8-6-,14-12-,23-20-,24-22+,32-30+. The minimum Gasteiger partial charge on any atom is -0.387 e. The number of carbonyl (C=O) groups excluding carboxylic acids is 1. The number of hydrogen-bond acceptors (Lipinski definition) is 6. The van der Waals surface area contributed by atoms with Crippen LogP contribution >= 0.6 is 7.82 Å². The molecule has 0 aromatic carbocycles. The van der Waals surface area contributed by atoms with Gasteiger partial charge < -0.3 is 21.1 Å². The fraction of sp³-hybridized carbons (Fsp3) is 0.718. The number of phosphoric ester groups is 1. The van der Waals surface area contributed by atoms with Crippen LogP contribution in [-0.2, 0) is 18.4 Å². The molecule has 8 nitrogen and oxygen atoms in total. The molecule has 0 spiro atoms. The maximum absolute atomic E-state index is 12.7. The molecule has 3 atom stereocenters. The lowest BCUT2D eigenvalue weighted by Gasteiger charge is -2.23. The van der Waals surface area contributed by atoms with Gasteiger partial charge in [0, 0.05) is 13.0 Å². The highest BCUT2D eigenvalue weighted by atomic mass is 31.2. The lowest BCUT2D eigenvalue weighted by Crippen LogP contribution is -2.45. The number of aliphatic hydroxyl groups is 1. The Hall–Kier alpha value is -1.80. The smallest absolute Gasteiger partial charge is 0.387 e. The zero-order chi connectivity index (χ0) is 35.4. The van der Waals surface area contributed by atoms with Crippen LogP contribution in [0.2, 0.25) is 0 Å². The first-order chi connectivity index (χ1) is 23.4. The van der Waals surface area contributed by atoms with Crippen LogP contribution in [0.3, 0.4) is 0 Å². The largest absolute Gasteiger partial charge is 0.472 e. The molecule has 3 unspecified atom stereocenters. The van der Waals surface area contributed by atoms with E-state index >= 15 is 0 Å². The fourth-order valence-electron chi connectivity index (χ4n) is 4.98. The maximum Gasteiger partial charge on any atom is 0.472 e. The third-order valence-electron chi connectivity index (χ3n) is 7.83. The van der Waals surface area contributed by atoms with E-state index in [1.54, 1.807) is 6.08 Å². The Labute approximate surface area is 294 Å². The molecule has 48 heavy (non-hydrogen) atoms. The Bertz CT molecular complexity index is 933. The Morgan fingerprint density at radius 3 is 1.85 bits per heavy atom. The molecule has 0 aliphatic rings. The summed E-state index contributed by atoms with van der Waals surface area (Å²) in [5, 5.41) is 13.6. The summed E-state index contributed by atoms with van der Waals surface area (Å²) in [6.07, 6.45) is 42.7. The van der Waals surface area contributed by atoms with Crippen molar-refractivity contribution in [2.45, 2.75) is 161 Å². The third-order valence-corrected chi connectivity index (χ3v) is 8.81. The van der Waals surface area contributed by atoms with Crippen molar-refractivity contribution in [1.82, 2.24) is 5.32 Å². The number of aliphatic hydroxyl groups excluding tert-OH is 1. The lowest BCUT2D eigenvalue weighted by atomic mass is 10.1. The highest BCUT2D eigenvalue weighted by molar-refractivity contribution is 7.47. The number of allylic oxidation sites excluding steroid dienone is 9. The molecule has 0 aliphatic heterocycles. The van der Waals surface area contributed by atoms with Crippen LogP contribution in [0.1, 0.15) is 149 Å². The Morgan fingerprint density at radius 1 is 0.708 bits per heavy atom. The number of phosphoric acid groups is 1. The van der Waals surface area contributed by atoms with Crippen LogP contribution in [0, 0.1) is 0 Å². The number of nitrogens with two attached hydrogens (primary N) is 1. The van der Waals surface area contributed by atoms with Crippen molar-refractivity contribution in [2.75, 3.05) is 19.8 Å². The summed E-state index contributed by atoms with van der Waals surface area (Å²) in [6.45, 7) is 3.94. The maximum atomic E-state index is 12.7. The van der Waals surface area contributed by atoms with Crippen molar-refractivity contribution >= 4 is 13.7 Å². The molecule has 0 aliphatic carbocycles. The summed E-state index contributed by atoms with van der Waals surface area (Å²) in [5.41, 5.74) is 5.35. The Morgan fingerprint density at radius 2 is 1.23 bits per heavy atom. The molecule has 1 amide bonds. The normalized spacial score (nSPS) is 15.0. The van der Waals surface area contributed by atoms with Gasteiger partial charge in [-0.15, -0.1) is 0 Å². The summed E-state index contributed by atoms with van der Waals surface area (Å²) >= 11 is 0. The number of amides is 1. The summed E-state index contributed by atoms with van der Waals surface area (Å²) in [4.78, 5) is 22.6. The van der Waals surface area contributed by atoms with E-state index in [2.05, 4.69) is 67.8 Å². The Kier molecular flexibility index (Phi) is 33.7. The van der Waals surface area contributed by atoms with Gasteiger partial charge in [-0.1, -0.05) is 139 Å². The second kappa shape index (κ2) is 35.0. The van der Waals surface area contributed by atoms with Crippen LogP contribution in [0.4, 0.5) is 0 Å². The van der Waals surface area contributed by atoms with Crippen LogP contribution < -0.4 is 11.1 Å². The van der Waals surface area contributed by atoms with Gasteiger partial charge in [0.2, 0.25) is 5.91 Å². The van der Waals surface area contributed by atoms with E-state index in [1.807, 2.05) is 6.08 Å². The fourth-order valence-corrected chi connectivity index (χ4v) is 5.74. The number of hydrogen-bond donors (Lipinski definition) is 4. The molecule has 0 fully saturated rings. The average Bonchev–Trinajstić information content (AvgIpc) is 3.07. The highest BCUT2D eigenvalue weighted by Gasteiger charge is 2.26. The van der Waals surface area contributed by atoms with Crippen LogP contribution in [0.25, 0.3) is 0 Å². The third kappa shape index (κ3) is 32.7. The number of unbranched alkanes of at least 4 members (excludes halogenated alkanes) is 14. The summed E-state index contributed by atoms with van der Waals surface area (Å²) < 4.78 is 22.0. The predicted molar refractivity (Wildman–Crippen MR) is 203 cm³/mol. The van der Waals surface area contributed by atoms with Gasteiger partial charge in [-0.05, 0) is 64.2 Å². The quantitative estimate of drug-likeness (QED) is 0.0300. The minimum atomic E-state index is -4.35. The number of rotatable bonds is 34. The molecule has 0 saturated carbocycles. The van der Waals surface area contributed by atoms with Gasteiger partial charge in [0.15, 0.2) is 0 Å². The van der Waals surface area contributed by atoms with Gasteiger partial charge in [-0.2, -0.15) is 0 Å². The molecule has 0 bridgehead atoms. The van der Waals surface area contributed by atoms with E-state index in [9.17, 15) is 19.4 Å². The molecule has 0 aromatic rings. The molecular weight excluding hydrogens is 623 g/mol. The zero-order valence-electron chi connectivity index (χ0n) is 30.5. The second-order valence-corrected chi connectivity index (χ2v) is 13.8. The molecular formula is C39H71N2O6P. The topological polar surface area (TPSA) is 131 Å². The molecule has 0 heterocycles. The van der Waals surface area contributed by atoms with Crippen molar-refractivity contribution in [3.05, 3.63) is 60.8 Å². The van der Waals surface area contributed by atoms with E-state index in [4.69, 9.17) is 14.8 Å². The Balaban J connectivity index is 4.43. The molecule has 278 valence electrons. The van der Waals surface area contributed by atoms with Gasteiger partial charge in [0.1, 0.15) is 0 Å². The van der Waals surface area contributed by atoms with E-state index < -0.39 is 20.0 Å². The summed E-state index contributed by atoms with van der Waals surface area (Å²) in [6, 6.07) is -0.893. The van der Waals surface area contributed by atoms with Crippen molar-refractivity contribution in [3.63, 3.8) is 0 Å². The van der Waals surface area contributed by atoms with Crippen molar-refractivity contribution in [3.8, 4) is 0 Å². The van der Waals surface area contributed by atoms with Crippen LogP contribution in [0.15, 0.2) is 60.8 Å². The SMILES string of the molecule is CC/C=C\C/C=C\C/C=C\CCCCCC(=O)NC(COP(=O)(O)OCCN)C(O)/C=C/CC/C=C/CCCCCCCCCCCC. The van der Waals surface area contributed by atoms with E-state index in [1.165, 1.54) is 64.2 Å². The molecule has 0 rings (SSSR count). The van der Waals surface area contributed by atoms with Crippen LogP contribution in [0.5, 0.6) is 0 Å². The number of carbonyl (C=O) groups is 1. The van der Waals surface area contributed by atoms with Crippen molar-refractivity contribution in [2.24, 2.45) is 5.73 Å². The number of nitrogens with one attached hydrogen (secondary N) is 1. The second-order valence-electron chi connectivity index (χ2n) is 12.4. The van der Waals surface area contributed by atoms with E-state index in [0.717, 1.165) is 57.8 Å². The summed E-state index contributed by atoms with van der Waals surface area (Å²) in [7, 11) is -4.35. The van der Waals surface area contributed by atoms with Gasteiger partial charge in [0.25, 0.3) is 0 Å². The van der Waals surface area contributed by atoms with Crippen LogP contribution in [-0.4, -0.2) is 47.8 Å². The lowest BCUT2D eigenvalue weighted by molar-refractivity contribution is -0.123. The first kappa shape index (κ1) is 46.2. The first-order valence-electron chi connectivity index (χ1n) is 18.9. The first-order valence-corrected chi connectivity index (χ1v) is 20.4. The van der Waals surface area contributed by atoms with Crippen molar-refractivity contribution in [1.29, 1.82) is 0 Å². The van der Waals surface area contributed by atoms with Gasteiger partial charge in [-0.25, -0.2) is 4.57 Å². The molecule has 5 N–H and O–H groups in total. The molecule has 0 aromatic heterocycles. The van der Waals surface area contributed by atoms with Gasteiger partial charge in [0.05, 0.1) is 25.4 Å².